The van der Waals surface area contributed by atoms with E-state index in [0.717, 1.165) is 17.2 Å². The van der Waals surface area contributed by atoms with Gasteiger partial charge in [-0.05, 0) is 28.7 Å². The number of carbonyl (C=O) groups is 1. The number of amides is 1. The lowest BCUT2D eigenvalue weighted by molar-refractivity contribution is 0.0953. The first-order valence-corrected chi connectivity index (χ1v) is 7.70. The number of alkyl halides is 1. The normalized spacial score (nSPS) is 13.1. The van der Waals surface area contributed by atoms with Gasteiger partial charge >= 0.3 is 0 Å². The van der Waals surface area contributed by atoms with Gasteiger partial charge in [-0.2, -0.15) is 0 Å². The minimum absolute atomic E-state index is 0.0519. The van der Waals surface area contributed by atoms with Gasteiger partial charge in [0.15, 0.2) is 0 Å². The Balaban J connectivity index is 2.06. The summed E-state index contributed by atoms with van der Waals surface area (Å²) in [5.74, 6) is -0.0636. The molecule has 0 bridgehead atoms. The van der Waals surface area contributed by atoms with Crippen LogP contribution >= 0.6 is 11.6 Å². The number of rotatable bonds is 4. The third-order valence-electron chi connectivity index (χ3n) is 3.35. The van der Waals surface area contributed by atoms with Crippen molar-refractivity contribution in [3.63, 3.8) is 0 Å². The maximum atomic E-state index is 12.4. The Labute approximate surface area is 131 Å². The van der Waals surface area contributed by atoms with Gasteiger partial charge in [-0.3, -0.25) is 4.79 Å². The summed E-state index contributed by atoms with van der Waals surface area (Å²) in [7, 11) is 0. The van der Waals surface area contributed by atoms with E-state index in [1.165, 1.54) is 0 Å². The van der Waals surface area contributed by atoms with Gasteiger partial charge in [0.25, 0.3) is 5.91 Å². The highest BCUT2D eigenvalue weighted by Gasteiger charge is 2.18. The molecular weight excluding hydrogens is 282 g/mol. The van der Waals surface area contributed by atoms with E-state index in [2.05, 4.69) is 26.1 Å². The highest BCUT2D eigenvalue weighted by molar-refractivity contribution is 6.21. The van der Waals surface area contributed by atoms with Crippen molar-refractivity contribution in [2.24, 2.45) is 5.41 Å². The van der Waals surface area contributed by atoms with Gasteiger partial charge < -0.3 is 5.32 Å². The molecular formula is C18H22ClNO. The fourth-order valence-corrected chi connectivity index (χ4v) is 3.00. The Bertz CT molecular complexity index is 625. The van der Waals surface area contributed by atoms with Gasteiger partial charge in [0.05, 0.1) is 5.38 Å². The lowest BCUT2D eigenvalue weighted by Gasteiger charge is -2.22. The quantitative estimate of drug-likeness (QED) is 0.821. The first-order valence-electron chi connectivity index (χ1n) is 7.27. The largest absolute Gasteiger partial charge is 0.351 e. The van der Waals surface area contributed by atoms with Crippen molar-refractivity contribution in [2.45, 2.75) is 32.6 Å². The summed E-state index contributed by atoms with van der Waals surface area (Å²) in [5, 5.41) is 4.93. The Kier molecular flexibility index (Phi) is 4.89. The zero-order valence-corrected chi connectivity index (χ0v) is 13.6. The molecule has 112 valence electrons. The Morgan fingerprint density at radius 2 is 1.81 bits per heavy atom. The predicted octanol–water partition coefficient (Wildman–Crippen LogP) is 4.61. The van der Waals surface area contributed by atoms with Gasteiger partial charge in [-0.25, -0.2) is 0 Å². The summed E-state index contributed by atoms with van der Waals surface area (Å²) in [6, 6.07) is 13.7. The van der Waals surface area contributed by atoms with E-state index >= 15 is 0 Å². The summed E-state index contributed by atoms with van der Waals surface area (Å²) in [6.45, 7) is 6.93. The Morgan fingerprint density at radius 3 is 2.52 bits per heavy atom. The van der Waals surface area contributed by atoms with E-state index in [1.807, 2.05) is 42.5 Å². The third kappa shape index (κ3) is 4.47. The van der Waals surface area contributed by atoms with E-state index in [1.54, 1.807) is 0 Å². The second-order valence-electron chi connectivity index (χ2n) is 6.60. The maximum absolute atomic E-state index is 12.4. The summed E-state index contributed by atoms with van der Waals surface area (Å²) in [6.07, 6.45) is 0.865. The summed E-state index contributed by atoms with van der Waals surface area (Å²) < 4.78 is 0. The van der Waals surface area contributed by atoms with Crippen molar-refractivity contribution < 1.29 is 4.79 Å². The van der Waals surface area contributed by atoms with Crippen LogP contribution < -0.4 is 5.32 Å². The van der Waals surface area contributed by atoms with Crippen LogP contribution in [-0.2, 0) is 0 Å². The minimum atomic E-state index is -0.0636. The van der Waals surface area contributed by atoms with Crippen molar-refractivity contribution >= 4 is 28.3 Å². The van der Waals surface area contributed by atoms with E-state index in [0.29, 0.717) is 12.1 Å². The maximum Gasteiger partial charge on any atom is 0.251 e. The number of hydrogen-bond donors (Lipinski definition) is 1. The highest BCUT2D eigenvalue weighted by atomic mass is 35.5. The molecule has 0 aliphatic carbocycles. The molecule has 2 rings (SSSR count). The van der Waals surface area contributed by atoms with Crippen molar-refractivity contribution in [3.8, 4) is 0 Å². The average Bonchev–Trinajstić information content (AvgIpc) is 2.42. The van der Waals surface area contributed by atoms with E-state index in [4.69, 9.17) is 11.6 Å². The first kappa shape index (κ1) is 15.8. The molecule has 1 atom stereocenters. The molecule has 0 spiro atoms. The van der Waals surface area contributed by atoms with Gasteiger partial charge in [0.1, 0.15) is 0 Å². The number of carbonyl (C=O) groups excluding carboxylic acids is 1. The molecule has 3 heteroatoms. The smallest absolute Gasteiger partial charge is 0.251 e. The van der Waals surface area contributed by atoms with E-state index in [-0.39, 0.29) is 16.7 Å². The molecule has 0 saturated heterocycles. The molecule has 21 heavy (non-hydrogen) atoms. The van der Waals surface area contributed by atoms with Gasteiger partial charge in [0, 0.05) is 12.1 Å². The molecule has 0 fully saturated rings. The Morgan fingerprint density at radius 1 is 1.14 bits per heavy atom. The van der Waals surface area contributed by atoms with Crippen molar-refractivity contribution in [3.05, 3.63) is 48.0 Å². The number of nitrogens with one attached hydrogen (secondary N) is 1. The zero-order chi connectivity index (χ0) is 15.5. The standard InChI is InChI=1S/C18H22ClNO/c1-18(2,3)11-14(19)12-20-17(21)16-10-6-8-13-7-4-5-9-15(13)16/h4-10,14H,11-12H2,1-3H3,(H,20,21). The van der Waals surface area contributed by atoms with Crippen LogP contribution in [0.3, 0.4) is 0 Å². The topological polar surface area (TPSA) is 29.1 Å². The molecule has 0 heterocycles. The predicted molar refractivity (Wildman–Crippen MR) is 90.0 cm³/mol. The van der Waals surface area contributed by atoms with Gasteiger partial charge in [-0.1, -0.05) is 57.2 Å². The van der Waals surface area contributed by atoms with Crippen LogP contribution in [0.1, 0.15) is 37.6 Å². The zero-order valence-electron chi connectivity index (χ0n) is 12.8. The lowest BCUT2D eigenvalue weighted by Crippen LogP contribution is -2.31. The van der Waals surface area contributed by atoms with Crippen LogP contribution in [0.5, 0.6) is 0 Å². The monoisotopic (exact) mass is 303 g/mol. The molecule has 2 aromatic rings. The molecule has 0 aliphatic heterocycles. The van der Waals surface area contributed by atoms with Crippen molar-refractivity contribution in [1.29, 1.82) is 0 Å². The first-order chi connectivity index (χ1) is 9.87. The molecule has 1 unspecified atom stereocenters. The Hall–Kier alpha value is -1.54. The van der Waals surface area contributed by atoms with Crippen LogP contribution in [0.25, 0.3) is 10.8 Å². The molecule has 0 aromatic heterocycles. The van der Waals surface area contributed by atoms with Crippen LogP contribution in [0.2, 0.25) is 0 Å². The van der Waals surface area contributed by atoms with Crippen LogP contribution in [0, 0.1) is 5.41 Å². The van der Waals surface area contributed by atoms with Crippen LogP contribution in [0.15, 0.2) is 42.5 Å². The fourth-order valence-electron chi connectivity index (χ4n) is 2.46. The van der Waals surface area contributed by atoms with Crippen molar-refractivity contribution in [1.82, 2.24) is 5.32 Å². The fraction of sp³-hybridized carbons (Fsp3) is 0.389. The van der Waals surface area contributed by atoms with Crippen LogP contribution in [-0.4, -0.2) is 17.8 Å². The minimum Gasteiger partial charge on any atom is -0.351 e. The number of fused-ring (bicyclic) bond motifs is 1. The van der Waals surface area contributed by atoms with Crippen molar-refractivity contribution in [2.75, 3.05) is 6.54 Å². The summed E-state index contributed by atoms with van der Waals surface area (Å²) >= 11 is 6.30. The number of halogens is 1. The molecule has 2 aromatic carbocycles. The van der Waals surface area contributed by atoms with Crippen LogP contribution in [0.4, 0.5) is 0 Å². The van der Waals surface area contributed by atoms with Gasteiger partial charge in [0.2, 0.25) is 0 Å². The second-order valence-corrected chi connectivity index (χ2v) is 7.22. The molecule has 0 radical (unpaired) electrons. The molecule has 1 amide bonds. The SMILES string of the molecule is CC(C)(C)CC(Cl)CNC(=O)c1cccc2ccccc12. The highest BCUT2D eigenvalue weighted by Crippen LogP contribution is 2.23. The number of benzene rings is 2. The van der Waals surface area contributed by atoms with E-state index in [9.17, 15) is 4.79 Å². The molecule has 1 N–H and O–H groups in total. The molecule has 0 saturated carbocycles. The average molecular weight is 304 g/mol. The third-order valence-corrected chi connectivity index (χ3v) is 3.66. The second kappa shape index (κ2) is 6.48. The summed E-state index contributed by atoms with van der Waals surface area (Å²) in [5.41, 5.74) is 0.865. The van der Waals surface area contributed by atoms with E-state index < -0.39 is 0 Å². The lowest BCUT2D eigenvalue weighted by atomic mass is 9.90. The number of hydrogen-bond acceptors (Lipinski definition) is 1. The van der Waals surface area contributed by atoms with Gasteiger partial charge in [-0.15, -0.1) is 11.6 Å². The molecule has 2 nitrogen and oxygen atoms in total. The molecule has 0 aliphatic rings. The summed E-state index contributed by atoms with van der Waals surface area (Å²) in [4.78, 5) is 12.4.